The zero-order valence-corrected chi connectivity index (χ0v) is 16.9. The lowest BCUT2D eigenvalue weighted by Crippen LogP contribution is -2.46. The first-order valence-electron chi connectivity index (χ1n) is 9.92. The van der Waals surface area contributed by atoms with Crippen LogP contribution in [-0.2, 0) is 6.18 Å². The van der Waals surface area contributed by atoms with Crippen LogP contribution in [0.5, 0.6) is 0 Å². The summed E-state index contributed by atoms with van der Waals surface area (Å²) in [7, 11) is 0. The molecule has 1 aliphatic heterocycles. The molecule has 3 heterocycles. The molecule has 0 bridgehead atoms. The number of aryl methyl sites for hydroxylation is 1. The van der Waals surface area contributed by atoms with Crippen LogP contribution in [0.15, 0.2) is 60.8 Å². The summed E-state index contributed by atoms with van der Waals surface area (Å²) in [6, 6.07) is 15.1. The van der Waals surface area contributed by atoms with E-state index >= 15 is 0 Å². The summed E-state index contributed by atoms with van der Waals surface area (Å²) < 4.78 is 41.0. The lowest BCUT2D eigenvalue weighted by Gasteiger charge is -2.35. The number of carbonyl (C=O) groups excluding carboxylic acids is 1. The van der Waals surface area contributed by atoms with Crippen LogP contribution in [-0.4, -0.2) is 35.4 Å². The highest BCUT2D eigenvalue weighted by atomic mass is 19.4. The lowest BCUT2D eigenvalue weighted by molar-refractivity contribution is -0.138. The Morgan fingerprint density at radius 3 is 2.61 bits per heavy atom. The van der Waals surface area contributed by atoms with Crippen molar-refractivity contribution >= 4 is 11.6 Å². The highest BCUT2D eigenvalue weighted by Crippen LogP contribution is 2.34. The fraction of sp³-hybridized carbons (Fsp3) is 0.261. The molecule has 1 fully saturated rings. The molecular weight excluding hydrogens is 405 g/mol. The van der Waals surface area contributed by atoms with Crippen LogP contribution >= 0.6 is 0 Å². The number of aromatic nitrogens is 2. The first-order valence-corrected chi connectivity index (χ1v) is 9.92. The van der Waals surface area contributed by atoms with Crippen LogP contribution in [0.2, 0.25) is 0 Å². The molecule has 0 spiro atoms. The number of nitrogens with zero attached hydrogens (tertiary/aromatic N) is 3. The van der Waals surface area contributed by atoms with Crippen molar-refractivity contribution in [3.8, 4) is 0 Å². The van der Waals surface area contributed by atoms with E-state index in [1.54, 1.807) is 6.92 Å². The highest BCUT2D eigenvalue weighted by molar-refractivity contribution is 6.09. The van der Waals surface area contributed by atoms with E-state index in [4.69, 9.17) is 0 Å². The van der Waals surface area contributed by atoms with E-state index < -0.39 is 23.2 Å². The fourth-order valence-corrected chi connectivity index (χ4v) is 3.75. The molecule has 1 N–H and O–H groups in total. The normalized spacial score (nSPS) is 16.9. The van der Waals surface area contributed by atoms with Crippen molar-refractivity contribution in [2.75, 3.05) is 24.5 Å². The van der Waals surface area contributed by atoms with Crippen molar-refractivity contribution in [2.24, 2.45) is 0 Å². The largest absolute Gasteiger partial charge is 0.418 e. The second kappa shape index (κ2) is 8.47. The third kappa shape index (κ3) is 4.44. The number of rotatable bonds is 4. The average molecular weight is 430 g/mol. The Kier molecular flexibility index (Phi) is 5.73. The van der Waals surface area contributed by atoms with Gasteiger partial charge in [-0.05, 0) is 36.8 Å². The summed E-state index contributed by atoms with van der Waals surface area (Å²) in [4.78, 5) is 23.2. The summed E-state index contributed by atoms with van der Waals surface area (Å²) in [6.45, 7) is 3.33. The number of pyridine rings is 2. The maximum Gasteiger partial charge on any atom is 0.418 e. The van der Waals surface area contributed by atoms with Crippen LogP contribution in [0.25, 0.3) is 0 Å². The van der Waals surface area contributed by atoms with Gasteiger partial charge in [0.1, 0.15) is 11.5 Å². The van der Waals surface area contributed by atoms with Gasteiger partial charge in [0.25, 0.3) is 0 Å². The molecule has 0 aliphatic carbocycles. The quantitative estimate of drug-likeness (QED) is 0.609. The van der Waals surface area contributed by atoms with E-state index in [0.717, 1.165) is 11.6 Å². The van der Waals surface area contributed by atoms with Gasteiger partial charge in [0.2, 0.25) is 5.78 Å². The van der Waals surface area contributed by atoms with Gasteiger partial charge in [-0.15, -0.1) is 0 Å². The number of benzene rings is 1. The maximum absolute atomic E-state index is 13.7. The Morgan fingerprint density at radius 2 is 1.90 bits per heavy atom. The Labute approximate surface area is 180 Å². The molecule has 0 unspecified atom stereocenters. The van der Waals surface area contributed by atoms with Gasteiger partial charge in [-0.2, -0.15) is 13.2 Å². The zero-order valence-electron chi connectivity index (χ0n) is 16.9. The summed E-state index contributed by atoms with van der Waals surface area (Å²) in [6.07, 6.45) is -3.20. The van der Waals surface area contributed by atoms with Gasteiger partial charge in [-0.3, -0.25) is 9.78 Å². The molecule has 1 saturated heterocycles. The minimum absolute atomic E-state index is 0. The molecule has 4 rings (SSSR count). The minimum atomic E-state index is -4.69. The first-order chi connectivity index (χ1) is 14.8. The van der Waals surface area contributed by atoms with Crippen LogP contribution in [0, 0.1) is 6.92 Å². The van der Waals surface area contributed by atoms with E-state index in [2.05, 4.69) is 15.3 Å². The third-order valence-electron chi connectivity index (χ3n) is 5.35. The SMILES string of the molecule is Cc1ncccc1C(=O)c1nc(N2CCN[C@@H](c3ccccc3)C2)ccc1C(F)(F)F.[HH].[HH]. The van der Waals surface area contributed by atoms with Crippen LogP contribution in [0.3, 0.4) is 0 Å². The van der Waals surface area contributed by atoms with Gasteiger partial charge in [0.05, 0.1) is 5.56 Å². The molecular formula is C23H25F3N4O. The number of hydrogen-bond donors (Lipinski definition) is 1. The highest BCUT2D eigenvalue weighted by Gasteiger charge is 2.37. The number of alkyl halides is 3. The van der Waals surface area contributed by atoms with Gasteiger partial charge in [0, 0.05) is 46.0 Å². The second-order valence-electron chi connectivity index (χ2n) is 7.39. The fourth-order valence-electron chi connectivity index (χ4n) is 3.75. The first kappa shape index (κ1) is 21.0. The van der Waals surface area contributed by atoms with Gasteiger partial charge in [0.15, 0.2) is 0 Å². The lowest BCUT2D eigenvalue weighted by atomic mass is 10.0. The van der Waals surface area contributed by atoms with E-state index in [-0.39, 0.29) is 14.5 Å². The maximum atomic E-state index is 13.7. The predicted molar refractivity (Wildman–Crippen MR) is 115 cm³/mol. The molecule has 0 radical (unpaired) electrons. The molecule has 3 aromatic rings. The topological polar surface area (TPSA) is 58.1 Å². The summed E-state index contributed by atoms with van der Waals surface area (Å²) >= 11 is 0. The number of nitrogens with one attached hydrogen (secondary N) is 1. The van der Waals surface area contributed by atoms with Crippen LogP contribution in [0.4, 0.5) is 19.0 Å². The van der Waals surface area contributed by atoms with Gasteiger partial charge >= 0.3 is 6.18 Å². The standard InChI is InChI=1S/C23H21F3N4O.2H2/c1-15-17(8-5-11-27-15)22(31)21-18(23(24,25)26)9-10-20(29-21)30-13-12-28-19(14-30)16-6-3-2-4-7-16;;/h2-11,19,28H,12-14H2,1H3;2*1H/t19-;;/m1../s1. The summed E-state index contributed by atoms with van der Waals surface area (Å²) in [5, 5.41) is 3.42. The number of anilines is 1. The molecule has 2 aromatic heterocycles. The monoisotopic (exact) mass is 430 g/mol. The zero-order chi connectivity index (χ0) is 22.0. The Hall–Kier alpha value is -3.26. The molecule has 1 aromatic carbocycles. The molecule has 31 heavy (non-hydrogen) atoms. The van der Waals surface area contributed by atoms with Crippen LogP contribution in [0.1, 0.15) is 41.8 Å². The predicted octanol–water partition coefficient (Wildman–Crippen LogP) is 4.68. The van der Waals surface area contributed by atoms with Crippen molar-refractivity contribution in [1.82, 2.24) is 15.3 Å². The summed E-state index contributed by atoms with van der Waals surface area (Å²) in [5.74, 6) is -0.435. The number of carbonyl (C=O) groups is 1. The van der Waals surface area contributed by atoms with Crippen LogP contribution < -0.4 is 10.2 Å². The van der Waals surface area contributed by atoms with E-state index in [1.807, 2.05) is 35.2 Å². The van der Waals surface area contributed by atoms with Crippen molar-refractivity contribution in [2.45, 2.75) is 19.1 Å². The minimum Gasteiger partial charge on any atom is -0.353 e. The number of halogens is 3. The van der Waals surface area contributed by atoms with E-state index in [1.165, 1.54) is 24.4 Å². The number of piperazine rings is 1. The van der Waals surface area contributed by atoms with Gasteiger partial charge in [-0.25, -0.2) is 4.98 Å². The van der Waals surface area contributed by atoms with E-state index in [9.17, 15) is 18.0 Å². The Bertz CT molecular complexity index is 1100. The molecule has 1 atom stereocenters. The van der Waals surface area contributed by atoms with Gasteiger partial charge in [-0.1, -0.05) is 30.3 Å². The number of hydrogen-bond acceptors (Lipinski definition) is 5. The molecule has 164 valence electrons. The van der Waals surface area contributed by atoms with Crippen molar-refractivity contribution in [3.63, 3.8) is 0 Å². The van der Waals surface area contributed by atoms with Crippen molar-refractivity contribution < 1.29 is 20.8 Å². The Balaban J connectivity index is 0.00000193. The van der Waals surface area contributed by atoms with Gasteiger partial charge < -0.3 is 10.2 Å². The molecule has 8 heteroatoms. The molecule has 0 saturated carbocycles. The molecule has 1 aliphatic rings. The van der Waals surface area contributed by atoms with E-state index in [0.29, 0.717) is 31.1 Å². The average Bonchev–Trinajstić information content (AvgIpc) is 2.78. The van der Waals surface area contributed by atoms with Crippen molar-refractivity contribution in [3.05, 3.63) is 88.9 Å². The van der Waals surface area contributed by atoms with Crippen molar-refractivity contribution in [1.29, 1.82) is 0 Å². The smallest absolute Gasteiger partial charge is 0.353 e. The summed E-state index contributed by atoms with van der Waals surface area (Å²) in [5.41, 5.74) is -0.0872. The second-order valence-corrected chi connectivity index (χ2v) is 7.39. The molecule has 5 nitrogen and oxygen atoms in total. The Morgan fingerprint density at radius 1 is 1.13 bits per heavy atom. The third-order valence-corrected chi connectivity index (χ3v) is 5.35. The number of ketones is 1. The molecule has 0 amide bonds.